The Hall–Kier alpha value is -3.08. The Morgan fingerprint density at radius 3 is 2.56 bits per heavy atom. The third kappa shape index (κ3) is 3.26. The lowest BCUT2D eigenvalue weighted by molar-refractivity contribution is -0.144. The van der Waals surface area contributed by atoms with Crippen molar-refractivity contribution in [2.75, 3.05) is 0 Å². The van der Waals surface area contributed by atoms with Gasteiger partial charge in [0.05, 0.1) is 5.39 Å². The van der Waals surface area contributed by atoms with Crippen LogP contribution in [0.2, 0.25) is 0 Å². The van der Waals surface area contributed by atoms with Crippen LogP contribution < -0.4 is 10.2 Å². The quantitative estimate of drug-likeness (QED) is 0.764. The van der Waals surface area contributed by atoms with E-state index in [4.69, 9.17) is 14.3 Å². The average Bonchev–Trinajstić information content (AvgIpc) is 2.64. The molecule has 0 bridgehead atoms. The van der Waals surface area contributed by atoms with Gasteiger partial charge in [-0.05, 0) is 31.0 Å². The molecule has 0 saturated carbocycles. The summed E-state index contributed by atoms with van der Waals surface area (Å²) in [5.41, 5.74) is 1.71. The van der Waals surface area contributed by atoms with Gasteiger partial charge >= 0.3 is 5.97 Å². The minimum absolute atomic E-state index is 0.0816. The first-order chi connectivity index (χ1) is 12.0. The van der Waals surface area contributed by atoms with Crippen molar-refractivity contribution in [3.05, 3.63) is 64.3 Å². The molecule has 0 aliphatic heterocycles. The van der Waals surface area contributed by atoms with Crippen LogP contribution in [-0.4, -0.2) is 17.2 Å². The Labute approximate surface area is 144 Å². The summed E-state index contributed by atoms with van der Waals surface area (Å²) < 4.78 is 11.4. The van der Waals surface area contributed by atoms with Crippen LogP contribution in [0.5, 0.6) is 5.75 Å². The van der Waals surface area contributed by atoms with Gasteiger partial charge in [0.25, 0.3) is 0 Å². The van der Waals surface area contributed by atoms with Crippen LogP contribution in [0.25, 0.3) is 22.3 Å². The van der Waals surface area contributed by atoms with Crippen LogP contribution in [-0.2, 0) is 11.2 Å². The van der Waals surface area contributed by atoms with Crippen molar-refractivity contribution in [1.29, 1.82) is 0 Å². The van der Waals surface area contributed by atoms with Crippen LogP contribution in [0.3, 0.4) is 0 Å². The molecule has 0 fully saturated rings. The summed E-state index contributed by atoms with van der Waals surface area (Å²) in [7, 11) is 0. The molecule has 1 aromatic heterocycles. The summed E-state index contributed by atoms with van der Waals surface area (Å²) in [5.74, 6) is -1.00. The van der Waals surface area contributed by atoms with Gasteiger partial charge in [-0.3, -0.25) is 4.79 Å². The fraction of sp³-hybridized carbons (Fsp3) is 0.200. The maximum Gasteiger partial charge on any atom is 0.344 e. The Balaban J connectivity index is 2.28. The van der Waals surface area contributed by atoms with E-state index in [-0.39, 0.29) is 16.9 Å². The fourth-order valence-corrected chi connectivity index (χ4v) is 2.56. The highest BCUT2D eigenvalue weighted by atomic mass is 16.5. The van der Waals surface area contributed by atoms with Crippen molar-refractivity contribution in [3.63, 3.8) is 0 Å². The molecule has 2 aromatic carbocycles. The molecule has 25 heavy (non-hydrogen) atoms. The molecular weight excluding hydrogens is 320 g/mol. The lowest BCUT2D eigenvalue weighted by Crippen LogP contribution is -2.26. The number of fused-ring (bicyclic) bond motifs is 1. The number of rotatable bonds is 5. The Kier molecular flexibility index (Phi) is 4.57. The summed E-state index contributed by atoms with van der Waals surface area (Å²) in [6, 6.07) is 14.4. The topological polar surface area (TPSA) is 76.7 Å². The zero-order valence-corrected chi connectivity index (χ0v) is 14.0. The van der Waals surface area contributed by atoms with Crippen molar-refractivity contribution < 1.29 is 19.1 Å². The van der Waals surface area contributed by atoms with Gasteiger partial charge < -0.3 is 14.3 Å². The third-order valence-electron chi connectivity index (χ3n) is 4.00. The van der Waals surface area contributed by atoms with E-state index in [1.165, 1.54) is 6.92 Å². The lowest BCUT2D eigenvalue weighted by atomic mass is 10.1. The van der Waals surface area contributed by atoms with E-state index in [0.717, 1.165) is 12.0 Å². The number of carbonyl (C=O) groups is 1. The Morgan fingerprint density at radius 2 is 1.92 bits per heavy atom. The summed E-state index contributed by atoms with van der Waals surface area (Å²) in [4.78, 5) is 24.1. The van der Waals surface area contributed by atoms with E-state index < -0.39 is 12.1 Å². The van der Waals surface area contributed by atoms with Gasteiger partial charge in [-0.2, -0.15) is 0 Å². The highest BCUT2D eigenvalue weighted by Gasteiger charge is 2.22. The summed E-state index contributed by atoms with van der Waals surface area (Å²) >= 11 is 0. The van der Waals surface area contributed by atoms with E-state index in [9.17, 15) is 9.59 Å². The number of ether oxygens (including phenoxy) is 1. The van der Waals surface area contributed by atoms with Crippen LogP contribution in [0.4, 0.5) is 0 Å². The molecule has 5 heteroatoms. The lowest BCUT2D eigenvalue weighted by Gasteiger charge is -2.14. The Bertz CT molecular complexity index is 973. The summed E-state index contributed by atoms with van der Waals surface area (Å²) in [5, 5.41) is 9.51. The first-order valence-corrected chi connectivity index (χ1v) is 8.06. The van der Waals surface area contributed by atoms with Crippen molar-refractivity contribution in [3.8, 4) is 17.1 Å². The predicted octanol–water partition coefficient (Wildman–Crippen LogP) is 3.87. The maximum absolute atomic E-state index is 13.0. The molecule has 0 amide bonds. The molecule has 0 aliphatic carbocycles. The van der Waals surface area contributed by atoms with Crippen LogP contribution in [0.15, 0.2) is 57.7 Å². The second-order valence-electron chi connectivity index (χ2n) is 5.74. The van der Waals surface area contributed by atoms with Crippen molar-refractivity contribution in [2.45, 2.75) is 26.4 Å². The first-order valence-electron chi connectivity index (χ1n) is 8.06. The normalized spacial score (nSPS) is 12.1. The van der Waals surface area contributed by atoms with E-state index in [1.54, 1.807) is 24.3 Å². The van der Waals surface area contributed by atoms with E-state index in [0.29, 0.717) is 16.5 Å². The second-order valence-corrected chi connectivity index (χ2v) is 5.74. The summed E-state index contributed by atoms with van der Waals surface area (Å²) in [6.45, 7) is 3.37. The number of aryl methyl sites for hydroxylation is 1. The number of aliphatic carboxylic acids is 1. The van der Waals surface area contributed by atoms with Gasteiger partial charge in [0, 0.05) is 5.56 Å². The van der Waals surface area contributed by atoms with Crippen LogP contribution >= 0.6 is 0 Å². The minimum Gasteiger partial charge on any atom is -0.479 e. The zero-order valence-electron chi connectivity index (χ0n) is 14.0. The molecule has 5 nitrogen and oxygen atoms in total. The van der Waals surface area contributed by atoms with Gasteiger partial charge in [0.1, 0.15) is 5.58 Å². The van der Waals surface area contributed by atoms with Crippen molar-refractivity contribution in [1.82, 2.24) is 0 Å². The monoisotopic (exact) mass is 338 g/mol. The van der Waals surface area contributed by atoms with Gasteiger partial charge in [-0.15, -0.1) is 0 Å². The van der Waals surface area contributed by atoms with E-state index in [2.05, 4.69) is 0 Å². The average molecular weight is 338 g/mol. The number of carboxylic acids is 1. The first kappa shape index (κ1) is 16.8. The molecular formula is C20H18O5. The van der Waals surface area contributed by atoms with Crippen LogP contribution in [0.1, 0.15) is 19.4 Å². The second kappa shape index (κ2) is 6.81. The van der Waals surface area contributed by atoms with Gasteiger partial charge in [-0.1, -0.05) is 43.3 Å². The molecule has 1 N–H and O–H groups in total. The molecule has 3 aromatic rings. The molecule has 1 heterocycles. The molecule has 128 valence electrons. The SMILES string of the molecule is CCc1ccc2oc(-c3ccccc3)c(OC(C)C(=O)O)c(=O)c2c1. The molecule has 1 unspecified atom stereocenters. The Morgan fingerprint density at radius 1 is 1.20 bits per heavy atom. The van der Waals surface area contributed by atoms with Crippen molar-refractivity contribution in [2.24, 2.45) is 0 Å². The number of carboxylic acid groups (broad SMARTS) is 1. The molecule has 1 atom stereocenters. The zero-order chi connectivity index (χ0) is 18.0. The van der Waals surface area contributed by atoms with Gasteiger partial charge in [0.2, 0.25) is 11.2 Å². The maximum atomic E-state index is 13.0. The largest absolute Gasteiger partial charge is 0.479 e. The van der Waals surface area contributed by atoms with Gasteiger partial charge in [0.15, 0.2) is 11.9 Å². The molecule has 0 aliphatic rings. The molecule has 0 spiro atoms. The van der Waals surface area contributed by atoms with E-state index in [1.807, 2.05) is 31.2 Å². The third-order valence-corrected chi connectivity index (χ3v) is 4.00. The fourth-order valence-electron chi connectivity index (χ4n) is 2.56. The molecule has 0 saturated heterocycles. The highest BCUT2D eigenvalue weighted by Crippen LogP contribution is 2.31. The van der Waals surface area contributed by atoms with Crippen LogP contribution in [0, 0.1) is 0 Å². The summed E-state index contributed by atoms with van der Waals surface area (Å²) in [6.07, 6.45) is -0.394. The number of benzene rings is 2. The standard InChI is InChI=1S/C20H18O5/c1-3-13-9-10-16-15(11-13)17(21)19(24-12(2)20(22)23)18(25-16)14-7-5-4-6-8-14/h4-12H,3H2,1-2H3,(H,22,23). The number of hydrogen-bond acceptors (Lipinski definition) is 4. The van der Waals surface area contributed by atoms with Gasteiger partial charge in [-0.25, -0.2) is 4.79 Å². The number of hydrogen-bond donors (Lipinski definition) is 1. The van der Waals surface area contributed by atoms with E-state index >= 15 is 0 Å². The smallest absolute Gasteiger partial charge is 0.344 e. The highest BCUT2D eigenvalue weighted by molar-refractivity contribution is 5.83. The van der Waals surface area contributed by atoms with Crippen molar-refractivity contribution >= 4 is 16.9 Å². The molecule has 0 radical (unpaired) electrons. The predicted molar refractivity (Wildman–Crippen MR) is 95.0 cm³/mol. The minimum atomic E-state index is -1.17. The molecule has 3 rings (SSSR count).